The maximum Gasteiger partial charge on any atom is 0.335 e. The molecule has 18 heavy (non-hydrogen) atoms. The van der Waals surface area contributed by atoms with Gasteiger partial charge in [-0.3, -0.25) is 14.8 Å². The van der Waals surface area contributed by atoms with Gasteiger partial charge in [0.1, 0.15) is 17.4 Å². The number of nitrogens with one attached hydrogen (secondary N) is 3. The normalized spacial score (nSPS) is 14.6. The number of aromatic nitrogens is 4. The highest BCUT2D eigenvalue weighted by Gasteiger charge is 2.28. The molecule has 2 aromatic rings. The van der Waals surface area contributed by atoms with Gasteiger partial charge in [0.05, 0.1) is 0 Å². The topological polar surface area (TPSA) is 172 Å². The zero-order valence-corrected chi connectivity index (χ0v) is 8.67. The Morgan fingerprint density at radius 3 is 2.44 bits per heavy atom. The molecule has 2 unspecified atom stereocenters. The molecule has 2 heterocycles. The van der Waals surface area contributed by atoms with Crippen LogP contribution in [0.3, 0.4) is 0 Å². The summed E-state index contributed by atoms with van der Waals surface area (Å²) in [6.07, 6.45) is -3.95. The Morgan fingerprint density at radius 2 is 1.83 bits per heavy atom. The van der Waals surface area contributed by atoms with Crippen LogP contribution < -0.4 is 11.2 Å². The first-order valence-electron chi connectivity index (χ1n) is 4.71. The molecular weight excluding hydrogens is 248 g/mol. The Labute approximate surface area is 96.9 Å². The van der Waals surface area contributed by atoms with Gasteiger partial charge in [0.25, 0.3) is 5.56 Å². The van der Waals surface area contributed by atoms with Gasteiger partial charge in [0, 0.05) is 0 Å². The van der Waals surface area contributed by atoms with Crippen molar-refractivity contribution < 1.29 is 20.1 Å². The number of carboxylic acids is 1. The molecular formula is C8H8N4O6. The van der Waals surface area contributed by atoms with Crippen LogP contribution in [0.5, 0.6) is 0 Å². The molecule has 2 aromatic heterocycles. The van der Waals surface area contributed by atoms with E-state index in [1.54, 1.807) is 0 Å². The fourth-order valence-corrected chi connectivity index (χ4v) is 1.38. The predicted molar refractivity (Wildman–Crippen MR) is 55.9 cm³/mol. The largest absolute Gasteiger partial charge is 0.479 e. The van der Waals surface area contributed by atoms with E-state index in [9.17, 15) is 19.5 Å². The number of nitrogens with zero attached hydrogens (tertiary/aromatic N) is 1. The van der Waals surface area contributed by atoms with Gasteiger partial charge < -0.3 is 20.3 Å². The number of H-pyrrole nitrogens is 3. The van der Waals surface area contributed by atoms with E-state index >= 15 is 0 Å². The van der Waals surface area contributed by atoms with E-state index in [-0.39, 0.29) is 17.0 Å². The Kier molecular flexibility index (Phi) is 2.73. The molecule has 2 atom stereocenters. The second-order valence-corrected chi connectivity index (χ2v) is 3.48. The summed E-state index contributed by atoms with van der Waals surface area (Å²) in [5.74, 6) is -1.99. The SMILES string of the molecule is O=C(O)C(O)C(O)c1nc2[nH]c(=O)[nH]c(=O)c2[nH]1. The van der Waals surface area contributed by atoms with E-state index in [1.165, 1.54) is 0 Å². The second kappa shape index (κ2) is 4.09. The van der Waals surface area contributed by atoms with E-state index in [0.29, 0.717) is 0 Å². The van der Waals surface area contributed by atoms with E-state index in [4.69, 9.17) is 10.2 Å². The molecule has 0 aliphatic rings. The first-order chi connectivity index (χ1) is 8.40. The van der Waals surface area contributed by atoms with Crippen molar-refractivity contribution in [3.63, 3.8) is 0 Å². The Hall–Kier alpha value is -2.46. The molecule has 0 spiro atoms. The van der Waals surface area contributed by atoms with Crippen molar-refractivity contribution in [2.75, 3.05) is 0 Å². The minimum absolute atomic E-state index is 0.138. The average Bonchev–Trinajstić information content (AvgIpc) is 2.70. The van der Waals surface area contributed by atoms with Crippen LogP contribution in [0.4, 0.5) is 0 Å². The van der Waals surface area contributed by atoms with Gasteiger partial charge in [-0.05, 0) is 0 Å². The number of carboxylic acid groups (broad SMARTS) is 1. The number of aromatic amines is 3. The van der Waals surface area contributed by atoms with Crippen LogP contribution in [0.2, 0.25) is 0 Å². The molecule has 0 radical (unpaired) electrons. The molecule has 96 valence electrons. The molecule has 0 saturated heterocycles. The minimum atomic E-state index is -2.10. The van der Waals surface area contributed by atoms with Crippen LogP contribution in [-0.4, -0.2) is 47.3 Å². The van der Waals surface area contributed by atoms with Crippen molar-refractivity contribution >= 4 is 17.1 Å². The number of imidazole rings is 1. The van der Waals surface area contributed by atoms with Gasteiger partial charge in [-0.2, -0.15) is 0 Å². The van der Waals surface area contributed by atoms with Crippen molar-refractivity contribution in [3.8, 4) is 0 Å². The summed E-state index contributed by atoms with van der Waals surface area (Å²) in [6, 6.07) is 0. The molecule has 0 amide bonds. The van der Waals surface area contributed by atoms with Crippen LogP contribution >= 0.6 is 0 Å². The third kappa shape index (κ3) is 1.89. The maximum absolute atomic E-state index is 11.3. The number of fused-ring (bicyclic) bond motifs is 1. The summed E-state index contributed by atoms with van der Waals surface area (Å²) < 4.78 is 0. The highest BCUT2D eigenvalue weighted by Crippen LogP contribution is 2.15. The monoisotopic (exact) mass is 256 g/mol. The molecule has 0 fully saturated rings. The van der Waals surface area contributed by atoms with Crippen molar-refractivity contribution in [2.45, 2.75) is 12.2 Å². The number of aliphatic hydroxyl groups is 2. The quantitative estimate of drug-likeness (QED) is 0.349. The molecule has 0 aliphatic heterocycles. The van der Waals surface area contributed by atoms with Crippen molar-refractivity contribution in [1.82, 2.24) is 19.9 Å². The average molecular weight is 256 g/mol. The summed E-state index contributed by atoms with van der Waals surface area (Å²) in [6.45, 7) is 0. The molecule has 0 aromatic carbocycles. The zero-order chi connectivity index (χ0) is 13.4. The van der Waals surface area contributed by atoms with Gasteiger partial charge in [-0.25, -0.2) is 14.6 Å². The van der Waals surface area contributed by atoms with E-state index in [2.05, 4.69) is 15.0 Å². The van der Waals surface area contributed by atoms with E-state index in [0.717, 1.165) is 0 Å². The number of aliphatic hydroxyl groups excluding tert-OH is 2. The van der Waals surface area contributed by atoms with Gasteiger partial charge in [-0.1, -0.05) is 0 Å². The van der Waals surface area contributed by atoms with Gasteiger partial charge in [0.15, 0.2) is 11.8 Å². The summed E-state index contributed by atoms with van der Waals surface area (Å²) in [5, 5.41) is 27.1. The van der Waals surface area contributed by atoms with E-state index in [1.807, 2.05) is 4.98 Å². The predicted octanol–water partition coefficient (Wildman–Crippen LogP) is -2.58. The molecule has 0 bridgehead atoms. The highest BCUT2D eigenvalue weighted by atomic mass is 16.4. The van der Waals surface area contributed by atoms with E-state index < -0.39 is 29.4 Å². The lowest BCUT2D eigenvalue weighted by atomic mass is 10.2. The van der Waals surface area contributed by atoms with Crippen LogP contribution in [0.1, 0.15) is 11.9 Å². The maximum atomic E-state index is 11.3. The lowest BCUT2D eigenvalue weighted by Gasteiger charge is -2.10. The standard InChI is InChI=1S/C8H8N4O6/c13-2(3(14)7(16)17)5-9-1-4(10-5)11-8(18)12-6(1)15/h2-3,13-14H,(H,16,17)(H3,9,10,11,12,15,18). The highest BCUT2D eigenvalue weighted by molar-refractivity contribution is 5.73. The Bertz CT molecular complexity index is 712. The molecule has 0 saturated carbocycles. The molecule has 10 nitrogen and oxygen atoms in total. The molecule has 10 heteroatoms. The first-order valence-corrected chi connectivity index (χ1v) is 4.71. The number of hydrogen-bond acceptors (Lipinski definition) is 6. The Morgan fingerprint density at radius 1 is 1.17 bits per heavy atom. The fraction of sp³-hybridized carbons (Fsp3) is 0.250. The number of carbonyl (C=O) groups is 1. The third-order valence-electron chi connectivity index (χ3n) is 2.24. The van der Waals surface area contributed by atoms with Crippen LogP contribution in [0.15, 0.2) is 9.59 Å². The first kappa shape index (κ1) is 12.0. The molecule has 0 aliphatic carbocycles. The number of aliphatic carboxylic acids is 1. The lowest BCUT2D eigenvalue weighted by molar-refractivity contribution is -0.153. The van der Waals surface area contributed by atoms with Crippen molar-refractivity contribution in [1.29, 1.82) is 0 Å². The third-order valence-corrected chi connectivity index (χ3v) is 2.24. The summed E-state index contributed by atoms with van der Waals surface area (Å²) in [4.78, 5) is 42.8. The molecule has 2 rings (SSSR count). The van der Waals surface area contributed by atoms with Crippen LogP contribution in [-0.2, 0) is 4.79 Å². The van der Waals surface area contributed by atoms with Gasteiger partial charge in [0.2, 0.25) is 0 Å². The number of hydrogen-bond donors (Lipinski definition) is 6. The minimum Gasteiger partial charge on any atom is -0.479 e. The smallest absolute Gasteiger partial charge is 0.335 e. The Balaban J connectivity index is 2.54. The number of rotatable bonds is 3. The summed E-state index contributed by atoms with van der Waals surface area (Å²) in [7, 11) is 0. The lowest BCUT2D eigenvalue weighted by Crippen LogP contribution is -2.28. The second-order valence-electron chi connectivity index (χ2n) is 3.48. The summed E-state index contributed by atoms with van der Waals surface area (Å²) >= 11 is 0. The van der Waals surface area contributed by atoms with Crippen LogP contribution in [0, 0.1) is 0 Å². The van der Waals surface area contributed by atoms with Crippen molar-refractivity contribution in [3.05, 3.63) is 26.7 Å². The van der Waals surface area contributed by atoms with Crippen molar-refractivity contribution in [2.24, 2.45) is 0 Å². The van der Waals surface area contributed by atoms with Gasteiger partial charge in [-0.15, -0.1) is 0 Å². The fourth-order valence-electron chi connectivity index (χ4n) is 1.38. The summed E-state index contributed by atoms with van der Waals surface area (Å²) in [5.41, 5.74) is -1.85. The molecule has 6 N–H and O–H groups in total. The zero-order valence-electron chi connectivity index (χ0n) is 8.67. The van der Waals surface area contributed by atoms with Gasteiger partial charge >= 0.3 is 11.7 Å². The van der Waals surface area contributed by atoms with Crippen LogP contribution in [0.25, 0.3) is 11.2 Å².